The number of carbonyl (C=O) groups is 1. The molecule has 146 valence electrons. The molecule has 0 saturated heterocycles. The summed E-state index contributed by atoms with van der Waals surface area (Å²) in [4.78, 5) is 27.9. The van der Waals surface area contributed by atoms with E-state index in [1.54, 1.807) is 37.5 Å². The molecule has 1 aromatic heterocycles. The Bertz CT molecular complexity index is 1060. The van der Waals surface area contributed by atoms with Gasteiger partial charge in [0.25, 0.3) is 5.69 Å². The van der Waals surface area contributed by atoms with E-state index < -0.39 is 16.8 Å². The molecule has 29 heavy (non-hydrogen) atoms. The summed E-state index contributed by atoms with van der Waals surface area (Å²) in [5.41, 5.74) is 3.91. The maximum Gasteiger partial charge on any atom is 0.337 e. The number of nitro groups is 1. The molecule has 2 aromatic rings. The Balaban J connectivity index is 2.22. The lowest BCUT2D eigenvalue weighted by Gasteiger charge is -2.31. The van der Waals surface area contributed by atoms with Gasteiger partial charge in [-0.25, -0.2) is 4.79 Å². The number of terminal acetylenes is 1. The predicted molar refractivity (Wildman–Crippen MR) is 108 cm³/mol. The van der Waals surface area contributed by atoms with Crippen molar-refractivity contribution >= 4 is 17.2 Å². The van der Waals surface area contributed by atoms with E-state index in [9.17, 15) is 14.9 Å². The quantitative estimate of drug-likeness (QED) is 0.364. The maximum atomic E-state index is 12.9. The van der Waals surface area contributed by atoms with Crippen molar-refractivity contribution < 1.29 is 14.5 Å². The molecule has 1 aliphatic rings. The molecule has 7 heteroatoms. The Morgan fingerprint density at radius 2 is 2.10 bits per heavy atom. The van der Waals surface area contributed by atoms with Crippen molar-refractivity contribution in [1.82, 2.24) is 10.3 Å². The van der Waals surface area contributed by atoms with E-state index in [2.05, 4.69) is 16.2 Å². The van der Waals surface area contributed by atoms with E-state index in [-0.39, 0.29) is 12.3 Å². The van der Waals surface area contributed by atoms with Crippen molar-refractivity contribution in [2.75, 3.05) is 6.61 Å². The number of allylic oxidation sites excluding steroid dienone is 3. The third-order valence-electron chi connectivity index (χ3n) is 4.65. The van der Waals surface area contributed by atoms with Crippen molar-refractivity contribution in [3.05, 3.63) is 87.0 Å². The Hall–Kier alpha value is -3.92. The predicted octanol–water partition coefficient (Wildman–Crippen LogP) is 3.56. The highest BCUT2D eigenvalue weighted by Crippen LogP contribution is 2.44. The van der Waals surface area contributed by atoms with Crippen molar-refractivity contribution in [3.8, 4) is 12.3 Å². The minimum atomic E-state index is -0.578. The maximum absolute atomic E-state index is 12.9. The van der Waals surface area contributed by atoms with Crippen LogP contribution < -0.4 is 5.32 Å². The van der Waals surface area contributed by atoms with Crippen LogP contribution in [0.15, 0.2) is 65.8 Å². The van der Waals surface area contributed by atoms with Gasteiger partial charge in [-0.1, -0.05) is 24.1 Å². The Kier molecular flexibility index (Phi) is 5.74. The fourth-order valence-corrected chi connectivity index (χ4v) is 3.51. The van der Waals surface area contributed by atoms with Crippen LogP contribution in [0.5, 0.6) is 0 Å². The highest BCUT2D eigenvalue weighted by atomic mass is 16.6. The van der Waals surface area contributed by atoms with E-state index in [4.69, 9.17) is 11.2 Å². The Labute approximate surface area is 168 Å². The average molecular weight is 389 g/mol. The van der Waals surface area contributed by atoms with Gasteiger partial charge in [0.1, 0.15) is 0 Å². The molecule has 1 atom stereocenters. The van der Waals surface area contributed by atoms with Crippen molar-refractivity contribution in [2.45, 2.75) is 19.8 Å². The van der Waals surface area contributed by atoms with Crippen molar-refractivity contribution in [3.63, 3.8) is 0 Å². The van der Waals surface area contributed by atoms with Gasteiger partial charge in [-0.2, -0.15) is 0 Å². The summed E-state index contributed by atoms with van der Waals surface area (Å²) in [6.07, 6.45) is 8.57. The Morgan fingerprint density at radius 3 is 2.76 bits per heavy atom. The molecular formula is C22H19N3O4. The summed E-state index contributed by atoms with van der Waals surface area (Å²) in [5, 5.41) is 14.5. The molecule has 0 bridgehead atoms. The number of ether oxygens (including phenoxy) is 1. The number of pyridine rings is 1. The number of non-ortho nitro benzene ring substituents is 1. The number of hydrogen-bond donors (Lipinski definition) is 1. The zero-order chi connectivity index (χ0) is 21.0. The van der Waals surface area contributed by atoms with Crippen LogP contribution in [0.2, 0.25) is 0 Å². The zero-order valence-electron chi connectivity index (χ0n) is 16.0. The standard InChI is InChI=1S/C22H19N3O4/c1-4-11-29-22(26)20-15(3)24-14(2)19(17-8-6-10-23-13-17)21(20)16-7-5-9-18(12-16)25(27)28/h1,5-10,12-13,21,24H,11H2,2-3H3. The number of benzene rings is 1. The van der Waals surface area contributed by atoms with Crippen LogP contribution in [0.3, 0.4) is 0 Å². The number of nitrogens with zero attached hydrogens (tertiary/aromatic N) is 2. The van der Waals surface area contributed by atoms with E-state index in [1.165, 1.54) is 12.1 Å². The van der Waals surface area contributed by atoms with Gasteiger partial charge < -0.3 is 10.1 Å². The zero-order valence-corrected chi connectivity index (χ0v) is 16.0. The minimum absolute atomic E-state index is 0.0572. The largest absolute Gasteiger partial charge is 0.449 e. The summed E-state index contributed by atoms with van der Waals surface area (Å²) in [6, 6.07) is 9.92. The first kappa shape index (κ1) is 19.8. The molecule has 2 heterocycles. The summed E-state index contributed by atoms with van der Waals surface area (Å²) in [6.45, 7) is 3.49. The summed E-state index contributed by atoms with van der Waals surface area (Å²) in [7, 11) is 0. The minimum Gasteiger partial charge on any atom is -0.449 e. The molecule has 0 spiro atoms. The molecular weight excluding hydrogens is 370 g/mol. The highest BCUT2D eigenvalue weighted by Gasteiger charge is 2.35. The van der Waals surface area contributed by atoms with Gasteiger partial charge in [-0.15, -0.1) is 6.42 Å². The van der Waals surface area contributed by atoms with E-state index in [0.717, 1.165) is 16.8 Å². The second-order valence-corrected chi connectivity index (χ2v) is 6.51. The van der Waals surface area contributed by atoms with Gasteiger partial charge >= 0.3 is 5.97 Å². The lowest BCUT2D eigenvalue weighted by atomic mass is 9.78. The van der Waals surface area contributed by atoms with E-state index >= 15 is 0 Å². The van der Waals surface area contributed by atoms with E-state index in [1.807, 2.05) is 13.0 Å². The number of nitrogens with one attached hydrogen (secondary N) is 1. The third-order valence-corrected chi connectivity index (χ3v) is 4.65. The van der Waals surface area contributed by atoms with Gasteiger partial charge in [-0.3, -0.25) is 15.1 Å². The van der Waals surface area contributed by atoms with Crippen LogP contribution >= 0.6 is 0 Å². The first-order valence-corrected chi connectivity index (χ1v) is 8.88. The first-order valence-electron chi connectivity index (χ1n) is 8.88. The molecule has 0 saturated carbocycles. The Morgan fingerprint density at radius 1 is 1.31 bits per heavy atom. The fourth-order valence-electron chi connectivity index (χ4n) is 3.51. The molecule has 0 aliphatic carbocycles. The first-order chi connectivity index (χ1) is 13.9. The molecule has 0 fully saturated rings. The van der Waals surface area contributed by atoms with Gasteiger partial charge in [-0.05, 0) is 36.6 Å². The number of rotatable bonds is 5. The lowest BCUT2D eigenvalue weighted by molar-refractivity contribution is -0.384. The lowest BCUT2D eigenvalue weighted by Crippen LogP contribution is -2.28. The number of hydrogen-bond acceptors (Lipinski definition) is 6. The second kappa shape index (κ2) is 8.40. The monoisotopic (exact) mass is 389 g/mol. The van der Waals surface area contributed by atoms with Crippen LogP contribution in [-0.2, 0) is 9.53 Å². The van der Waals surface area contributed by atoms with Gasteiger partial charge in [0.2, 0.25) is 0 Å². The van der Waals surface area contributed by atoms with Crippen LogP contribution in [0, 0.1) is 22.5 Å². The fraction of sp³-hybridized carbons (Fsp3) is 0.182. The van der Waals surface area contributed by atoms with Crippen LogP contribution in [-0.4, -0.2) is 22.5 Å². The van der Waals surface area contributed by atoms with Gasteiger partial charge in [0, 0.05) is 41.8 Å². The van der Waals surface area contributed by atoms with Crippen LogP contribution in [0.1, 0.15) is 30.9 Å². The smallest absolute Gasteiger partial charge is 0.337 e. The molecule has 1 aliphatic heterocycles. The molecule has 1 N–H and O–H groups in total. The molecule has 3 rings (SSSR count). The topological polar surface area (TPSA) is 94.4 Å². The van der Waals surface area contributed by atoms with Crippen LogP contribution in [0.25, 0.3) is 5.57 Å². The molecule has 1 unspecified atom stereocenters. The molecule has 0 radical (unpaired) electrons. The van der Waals surface area contributed by atoms with Crippen LogP contribution in [0.4, 0.5) is 5.69 Å². The third kappa shape index (κ3) is 4.01. The number of dihydropyridines is 1. The molecule has 0 amide bonds. The molecule has 7 nitrogen and oxygen atoms in total. The summed E-state index contributed by atoms with van der Waals surface area (Å²) in [5.74, 6) is 1.14. The summed E-state index contributed by atoms with van der Waals surface area (Å²) < 4.78 is 5.20. The molecule has 1 aromatic carbocycles. The number of carbonyl (C=O) groups excluding carboxylic acids is 1. The number of aromatic nitrogens is 1. The number of esters is 1. The van der Waals surface area contributed by atoms with Gasteiger partial charge in [0.15, 0.2) is 6.61 Å². The highest BCUT2D eigenvalue weighted by molar-refractivity contribution is 5.97. The van der Waals surface area contributed by atoms with E-state index in [0.29, 0.717) is 16.8 Å². The summed E-state index contributed by atoms with van der Waals surface area (Å²) >= 11 is 0. The number of nitro benzene ring substituents is 1. The van der Waals surface area contributed by atoms with Crippen molar-refractivity contribution in [2.24, 2.45) is 0 Å². The van der Waals surface area contributed by atoms with Crippen molar-refractivity contribution in [1.29, 1.82) is 0 Å². The average Bonchev–Trinajstić information content (AvgIpc) is 2.72. The SMILES string of the molecule is C#CCOC(=O)C1=C(C)NC(C)=C(c2cccnc2)C1c1cccc([N+](=O)[O-])c1. The normalized spacial score (nSPS) is 16.1. The second-order valence-electron chi connectivity index (χ2n) is 6.51. The van der Waals surface area contributed by atoms with Gasteiger partial charge in [0.05, 0.1) is 10.5 Å².